The van der Waals surface area contributed by atoms with Gasteiger partial charge >= 0.3 is 0 Å². The van der Waals surface area contributed by atoms with Crippen molar-refractivity contribution in [2.75, 3.05) is 6.61 Å². The van der Waals surface area contributed by atoms with Gasteiger partial charge in [-0.1, -0.05) is 36.1 Å². The zero-order valence-electron chi connectivity index (χ0n) is 15.9. The van der Waals surface area contributed by atoms with Gasteiger partial charge in [0.1, 0.15) is 17.4 Å². The summed E-state index contributed by atoms with van der Waals surface area (Å²) >= 11 is 1.61. The third-order valence-electron chi connectivity index (χ3n) is 6.95. The van der Waals surface area contributed by atoms with Crippen LogP contribution in [0.5, 0.6) is 5.75 Å². The smallest absolute Gasteiger partial charge is 0.235 e. The number of hydrogen-bond acceptors (Lipinski definition) is 5. The van der Waals surface area contributed by atoms with Crippen LogP contribution in [-0.2, 0) is 5.41 Å². The average molecular weight is 393 g/mol. The van der Waals surface area contributed by atoms with E-state index in [0.29, 0.717) is 6.61 Å². The molecule has 0 unspecified atom stereocenters. The van der Waals surface area contributed by atoms with Gasteiger partial charge in [0.05, 0.1) is 0 Å². The topological polar surface area (TPSA) is 52.3 Å². The maximum Gasteiger partial charge on any atom is 0.235 e. The number of nitrogens with zero attached hydrogens (tertiary/aromatic N) is 4. The highest BCUT2D eigenvalue weighted by Gasteiger charge is 2.54. The largest absolute Gasteiger partial charge is 0.490 e. The number of rotatable bonds is 5. The summed E-state index contributed by atoms with van der Waals surface area (Å²) in [7, 11) is 0. The highest BCUT2D eigenvalue weighted by Crippen LogP contribution is 2.60. The fourth-order valence-corrected chi connectivity index (χ4v) is 7.16. The molecule has 2 aromatic heterocycles. The number of hydrogen-bond donors (Lipinski definition) is 0. The van der Waals surface area contributed by atoms with Crippen LogP contribution >= 0.6 is 11.3 Å². The van der Waals surface area contributed by atoms with Crippen LogP contribution in [0.25, 0.3) is 15.5 Å². The first kappa shape index (κ1) is 16.7. The molecule has 1 aromatic carbocycles. The van der Waals surface area contributed by atoms with Gasteiger partial charge in [-0.25, -0.2) is 0 Å². The maximum atomic E-state index is 5.69. The van der Waals surface area contributed by atoms with Gasteiger partial charge in [-0.05, 0) is 68.4 Å². The summed E-state index contributed by atoms with van der Waals surface area (Å²) in [6, 6.07) is 8.10. The van der Waals surface area contributed by atoms with Crippen LogP contribution in [0.4, 0.5) is 0 Å². The molecule has 4 bridgehead atoms. The first-order chi connectivity index (χ1) is 13.7. The molecule has 4 aliphatic carbocycles. The summed E-state index contributed by atoms with van der Waals surface area (Å²) in [6.45, 7) is 4.22. The van der Waals surface area contributed by atoms with Gasteiger partial charge in [-0.15, -0.1) is 10.2 Å². The molecule has 3 aromatic rings. The summed E-state index contributed by atoms with van der Waals surface area (Å²) in [4.78, 5) is 0.901. The zero-order chi connectivity index (χ0) is 18.7. The monoisotopic (exact) mass is 392 g/mol. The molecule has 6 heteroatoms. The number of aromatic nitrogens is 4. The van der Waals surface area contributed by atoms with Gasteiger partial charge in [0.15, 0.2) is 5.82 Å². The van der Waals surface area contributed by atoms with E-state index in [-0.39, 0.29) is 5.41 Å². The van der Waals surface area contributed by atoms with Gasteiger partial charge in [-0.2, -0.15) is 9.61 Å². The first-order valence-corrected chi connectivity index (χ1v) is 11.1. The first-order valence-electron chi connectivity index (χ1n) is 10.3. The van der Waals surface area contributed by atoms with Crippen LogP contribution < -0.4 is 4.74 Å². The molecule has 0 saturated heterocycles. The van der Waals surface area contributed by atoms with Crippen LogP contribution in [0.3, 0.4) is 0 Å². The SMILES string of the molecule is C=CCOc1cccc(-c2nn3c(C45CC6CC(CC(C6)C4)C5)nnc3s2)c1. The third-order valence-corrected chi connectivity index (χ3v) is 7.90. The summed E-state index contributed by atoms with van der Waals surface area (Å²) < 4.78 is 7.73. The Hall–Kier alpha value is -2.21. The van der Waals surface area contributed by atoms with Crippen molar-refractivity contribution in [3.63, 3.8) is 0 Å². The van der Waals surface area contributed by atoms with Crippen molar-refractivity contribution in [2.45, 2.75) is 43.9 Å². The zero-order valence-corrected chi connectivity index (χ0v) is 16.7. The van der Waals surface area contributed by atoms with E-state index in [1.807, 2.05) is 22.7 Å². The predicted molar refractivity (Wildman–Crippen MR) is 110 cm³/mol. The van der Waals surface area contributed by atoms with E-state index in [1.165, 1.54) is 38.5 Å². The molecule has 0 radical (unpaired) electrons. The van der Waals surface area contributed by atoms with Crippen molar-refractivity contribution >= 4 is 16.3 Å². The molecule has 144 valence electrons. The predicted octanol–water partition coefficient (Wildman–Crippen LogP) is 4.89. The quantitative estimate of drug-likeness (QED) is 0.581. The Morgan fingerprint density at radius 1 is 1.14 bits per heavy atom. The summed E-state index contributed by atoms with van der Waals surface area (Å²) in [5.41, 5.74) is 1.27. The van der Waals surface area contributed by atoms with E-state index < -0.39 is 0 Å². The van der Waals surface area contributed by atoms with E-state index >= 15 is 0 Å². The fourth-order valence-electron chi connectivity index (χ4n) is 6.32. The second-order valence-corrected chi connectivity index (χ2v) is 9.91. The lowest BCUT2D eigenvalue weighted by atomic mass is 9.49. The lowest BCUT2D eigenvalue weighted by molar-refractivity contribution is -0.0103. The van der Waals surface area contributed by atoms with E-state index in [0.717, 1.165) is 44.9 Å². The molecule has 7 rings (SSSR count). The summed E-state index contributed by atoms with van der Waals surface area (Å²) in [5, 5.41) is 15.1. The van der Waals surface area contributed by atoms with Crippen LogP contribution in [0, 0.1) is 17.8 Å². The lowest BCUT2D eigenvalue weighted by Crippen LogP contribution is -2.49. The van der Waals surface area contributed by atoms with E-state index in [2.05, 4.69) is 22.8 Å². The molecule has 28 heavy (non-hydrogen) atoms. The second kappa shape index (κ2) is 6.14. The average Bonchev–Trinajstić information content (AvgIpc) is 3.26. The van der Waals surface area contributed by atoms with Crippen LogP contribution in [-0.4, -0.2) is 26.4 Å². The number of benzene rings is 1. The van der Waals surface area contributed by atoms with Crippen molar-refractivity contribution < 1.29 is 4.74 Å². The van der Waals surface area contributed by atoms with Gasteiger partial charge in [0, 0.05) is 11.0 Å². The molecule has 0 N–H and O–H groups in total. The minimum absolute atomic E-state index is 0.203. The van der Waals surface area contributed by atoms with E-state index in [9.17, 15) is 0 Å². The van der Waals surface area contributed by atoms with Crippen molar-refractivity contribution in [2.24, 2.45) is 17.8 Å². The van der Waals surface area contributed by atoms with Crippen LogP contribution in [0.15, 0.2) is 36.9 Å². The Labute approximate surface area is 168 Å². The summed E-state index contributed by atoms with van der Waals surface area (Å²) in [5.74, 6) is 4.61. The van der Waals surface area contributed by atoms with Gasteiger partial charge in [0.25, 0.3) is 0 Å². The molecule has 5 nitrogen and oxygen atoms in total. The van der Waals surface area contributed by atoms with Crippen LogP contribution in [0.1, 0.15) is 44.3 Å². The molecule has 4 saturated carbocycles. The van der Waals surface area contributed by atoms with Gasteiger partial charge in [-0.3, -0.25) is 0 Å². The Morgan fingerprint density at radius 3 is 2.61 bits per heavy atom. The molecular weight excluding hydrogens is 368 g/mol. The Balaban J connectivity index is 1.38. The number of fused-ring (bicyclic) bond motifs is 1. The van der Waals surface area contributed by atoms with Crippen molar-refractivity contribution in [3.8, 4) is 16.3 Å². The van der Waals surface area contributed by atoms with Gasteiger partial charge < -0.3 is 4.74 Å². The van der Waals surface area contributed by atoms with E-state index in [4.69, 9.17) is 9.84 Å². The Kier molecular flexibility index (Phi) is 3.67. The molecule has 0 aliphatic heterocycles. The lowest BCUT2D eigenvalue weighted by Gasteiger charge is -2.55. The highest BCUT2D eigenvalue weighted by atomic mass is 32.1. The third kappa shape index (κ3) is 2.54. The van der Waals surface area contributed by atoms with Crippen LogP contribution in [0.2, 0.25) is 0 Å². The second-order valence-electron chi connectivity index (χ2n) is 8.95. The highest BCUT2D eigenvalue weighted by molar-refractivity contribution is 7.19. The molecule has 0 spiro atoms. The molecule has 4 fully saturated rings. The minimum atomic E-state index is 0.203. The summed E-state index contributed by atoms with van der Waals surface area (Å²) in [6.07, 6.45) is 9.88. The molecule has 0 amide bonds. The molecule has 0 atom stereocenters. The molecule has 2 heterocycles. The van der Waals surface area contributed by atoms with Crippen molar-refractivity contribution in [3.05, 3.63) is 42.7 Å². The van der Waals surface area contributed by atoms with Crippen molar-refractivity contribution in [1.82, 2.24) is 19.8 Å². The minimum Gasteiger partial charge on any atom is -0.490 e. The molecular formula is C22H24N4OS. The fraction of sp³-hybridized carbons (Fsp3) is 0.500. The standard InChI is InChI=1S/C22H24N4OS/c1-2-6-27-18-5-3-4-17(10-18)19-25-26-20(23-24-21(26)28-19)22-11-14-7-15(12-22)9-16(8-14)13-22/h2-5,10,14-16H,1,6-9,11-13H2. The van der Waals surface area contributed by atoms with E-state index in [1.54, 1.807) is 17.4 Å². The Bertz CT molecular complexity index is 1020. The van der Waals surface area contributed by atoms with Crippen molar-refractivity contribution in [1.29, 1.82) is 0 Å². The number of ether oxygens (including phenoxy) is 1. The maximum absolute atomic E-state index is 5.69. The molecule has 4 aliphatic rings. The Morgan fingerprint density at radius 2 is 1.89 bits per heavy atom. The normalized spacial score (nSPS) is 30.8. The van der Waals surface area contributed by atoms with Gasteiger partial charge in [0.2, 0.25) is 4.96 Å².